The van der Waals surface area contributed by atoms with E-state index < -0.39 is 17.8 Å². The van der Waals surface area contributed by atoms with Crippen molar-refractivity contribution in [1.82, 2.24) is 0 Å². The lowest BCUT2D eigenvalue weighted by atomic mass is 9.97. The van der Waals surface area contributed by atoms with Gasteiger partial charge in [-0.15, -0.1) is 0 Å². The molecule has 1 amide bonds. The smallest absolute Gasteiger partial charge is 0.267 e. The topological polar surface area (TPSA) is 69.8 Å². The maximum absolute atomic E-state index is 13.3. The Balaban J connectivity index is 1.82. The molecule has 1 heterocycles. The second-order valence-corrected chi connectivity index (χ2v) is 6.29. The molecule has 1 atom stereocenters. The van der Waals surface area contributed by atoms with Gasteiger partial charge in [0.25, 0.3) is 5.91 Å². The van der Waals surface area contributed by atoms with Crippen molar-refractivity contribution >= 4 is 28.9 Å². The molecule has 3 rings (SSSR count). The lowest BCUT2D eigenvalue weighted by Gasteiger charge is -2.28. The molecule has 1 aliphatic heterocycles. The molecule has 0 saturated heterocycles. The molecule has 0 unspecified atom stereocenters. The molecule has 0 aromatic heterocycles. The van der Waals surface area contributed by atoms with Crippen LogP contribution in [0.5, 0.6) is 0 Å². The van der Waals surface area contributed by atoms with Gasteiger partial charge in [-0.05, 0) is 41.8 Å². The number of fused-ring (bicyclic) bond motifs is 1. The van der Waals surface area contributed by atoms with Crippen LogP contribution in [0.3, 0.4) is 0 Å². The standard InChI is InChI=1S/C17H17ClFN3O2/c1-21(12-3-4-14(19)13(18)8-12)9-10-2-5-16-11(6-10)7-15(20)17(23)22(16)24/h2-6,8,15,24H,7,9,20H2,1H3/t15-/m0/s1. The van der Waals surface area contributed by atoms with E-state index in [0.717, 1.165) is 16.8 Å². The lowest BCUT2D eigenvalue weighted by molar-refractivity contribution is -0.125. The summed E-state index contributed by atoms with van der Waals surface area (Å²) in [5, 5.41) is 10.5. The normalized spacial score (nSPS) is 17.0. The highest BCUT2D eigenvalue weighted by Crippen LogP contribution is 2.28. The molecule has 0 spiro atoms. The lowest BCUT2D eigenvalue weighted by Crippen LogP contribution is -2.47. The molecule has 2 aromatic rings. The van der Waals surface area contributed by atoms with E-state index in [2.05, 4.69) is 0 Å². The Bertz CT molecular complexity index is 799. The van der Waals surface area contributed by atoms with Gasteiger partial charge in [-0.1, -0.05) is 23.7 Å². The van der Waals surface area contributed by atoms with Gasteiger partial charge in [0, 0.05) is 19.3 Å². The molecule has 5 nitrogen and oxygen atoms in total. The van der Waals surface area contributed by atoms with Gasteiger partial charge in [0.1, 0.15) is 5.82 Å². The average Bonchev–Trinajstić information content (AvgIpc) is 2.55. The summed E-state index contributed by atoms with van der Waals surface area (Å²) < 4.78 is 13.3. The van der Waals surface area contributed by atoms with Gasteiger partial charge in [0.05, 0.1) is 16.8 Å². The molecule has 0 saturated carbocycles. The Hall–Kier alpha value is -2.15. The van der Waals surface area contributed by atoms with E-state index in [0.29, 0.717) is 23.7 Å². The van der Waals surface area contributed by atoms with Crippen molar-refractivity contribution in [2.75, 3.05) is 17.0 Å². The fourth-order valence-corrected chi connectivity index (χ4v) is 2.97. The van der Waals surface area contributed by atoms with E-state index in [4.69, 9.17) is 17.3 Å². The molecule has 0 aliphatic carbocycles. The first-order valence-corrected chi connectivity index (χ1v) is 7.81. The molecular formula is C17H17ClFN3O2. The van der Waals surface area contributed by atoms with Crippen LogP contribution in [0.25, 0.3) is 0 Å². The van der Waals surface area contributed by atoms with Crippen molar-refractivity contribution < 1.29 is 14.4 Å². The average molecular weight is 350 g/mol. The van der Waals surface area contributed by atoms with Gasteiger partial charge in [0.15, 0.2) is 0 Å². The molecule has 126 valence electrons. The summed E-state index contributed by atoms with van der Waals surface area (Å²) in [5.74, 6) is -0.961. The first kappa shape index (κ1) is 16.7. The summed E-state index contributed by atoms with van der Waals surface area (Å²) >= 11 is 5.82. The van der Waals surface area contributed by atoms with E-state index in [1.54, 1.807) is 18.2 Å². The zero-order valence-corrected chi connectivity index (χ0v) is 13.8. The van der Waals surface area contributed by atoms with Crippen LogP contribution in [0.1, 0.15) is 11.1 Å². The van der Waals surface area contributed by atoms with Crippen molar-refractivity contribution in [3.63, 3.8) is 0 Å². The summed E-state index contributed by atoms with van der Waals surface area (Å²) in [5.41, 5.74) is 8.78. The molecule has 3 N–H and O–H groups in total. The number of amides is 1. The van der Waals surface area contributed by atoms with Gasteiger partial charge in [-0.3, -0.25) is 10.0 Å². The van der Waals surface area contributed by atoms with Crippen LogP contribution in [0.2, 0.25) is 5.02 Å². The first-order valence-electron chi connectivity index (χ1n) is 7.43. The van der Waals surface area contributed by atoms with Crippen molar-refractivity contribution in [2.24, 2.45) is 5.73 Å². The summed E-state index contributed by atoms with van der Waals surface area (Å²) in [6.07, 6.45) is 0.380. The maximum atomic E-state index is 13.3. The quantitative estimate of drug-likeness (QED) is 0.836. The van der Waals surface area contributed by atoms with Crippen LogP contribution in [0.4, 0.5) is 15.8 Å². The van der Waals surface area contributed by atoms with Crippen LogP contribution in [-0.4, -0.2) is 24.2 Å². The highest BCUT2D eigenvalue weighted by molar-refractivity contribution is 6.31. The molecular weight excluding hydrogens is 333 g/mol. The number of hydrogen-bond donors (Lipinski definition) is 2. The number of hydrogen-bond acceptors (Lipinski definition) is 4. The van der Waals surface area contributed by atoms with Crippen molar-refractivity contribution in [3.05, 3.63) is 58.4 Å². The number of carbonyl (C=O) groups is 1. The third-order valence-electron chi connectivity index (χ3n) is 4.10. The number of carbonyl (C=O) groups excluding carboxylic acids is 1. The fraction of sp³-hybridized carbons (Fsp3) is 0.235. The molecule has 0 fully saturated rings. The summed E-state index contributed by atoms with van der Waals surface area (Å²) in [4.78, 5) is 13.6. The minimum absolute atomic E-state index is 0.0743. The second-order valence-electron chi connectivity index (χ2n) is 5.88. The van der Waals surface area contributed by atoms with Gasteiger partial charge in [0.2, 0.25) is 0 Å². The molecule has 7 heteroatoms. The Kier molecular flexibility index (Phi) is 4.45. The van der Waals surface area contributed by atoms with Gasteiger partial charge < -0.3 is 10.6 Å². The van der Waals surface area contributed by atoms with Gasteiger partial charge in [-0.25, -0.2) is 4.39 Å². The van der Waals surface area contributed by atoms with Crippen LogP contribution >= 0.6 is 11.6 Å². The van der Waals surface area contributed by atoms with Crippen LogP contribution in [0, 0.1) is 5.82 Å². The fourth-order valence-electron chi connectivity index (χ4n) is 2.79. The van der Waals surface area contributed by atoms with Gasteiger partial charge >= 0.3 is 0 Å². The Labute approximate surface area is 144 Å². The van der Waals surface area contributed by atoms with E-state index >= 15 is 0 Å². The van der Waals surface area contributed by atoms with Crippen molar-refractivity contribution in [3.8, 4) is 0 Å². The van der Waals surface area contributed by atoms with Crippen LogP contribution in [0.15, 0.2) is 36.4 Å². The number of hydroxylamine groups is 1. The SMILES string of the molecule is CN(Cc1ccc2c(c1)C[C@H](N)C(=O)N2O)c1ccc(F)c(Cl)c1. The summed E-state index contributed by atoms with van der Waals surface area (Å²) in [7, 11) is 1.87. The van der Waals surface area contributed by atoms with Crippen molar-refractivity contribution in [2.45, 2.75) is 19.0 Å². The summed E-state index contributed by atoms with van der Waals surface area (Å²) in [6, 6.07) is 9.24. The first-order chi connectivity index (χ1) is 11.4. The number of benzene rings is 2. The zero-order valence-electron chi connectivity index (χ0n) is 13.0. The Morgan fingerprint density at radius 3 is 2.83 bits per heavy atom. The predicted molar refractivity (Wildman–Crippen MR) is 90.9 cm³/mol. The zero-order chi connectivity index (χ0) is 17.4. The second kappa shape index (κ2) is 6.39. The highest BCUT2D eigenvalue weighted by Gasteiger charge is 2.29. The molecule has 0 bridgehead atoms. The number of nitrogens with two attached hydrogens (primary N) is 1. The summed E-state index contributed by atoms with van der Waals surface area (Å²) in [6.45, 7) is 0.559. The molecule has 0 radical (unpaired) electrons. The Morgan fingerprint density at radius 2 is 2.12 bits per heavy atom. The maximum Gasteiger partial charge on any atom is 0.267 e. The number of anilines is 2. The van der Waals surface area contributed by atoms with E-state index in [9.17, 15) is 14.4 Å². The third kappa shape index (κ3) is 3.08. The molecule has 1 aliphatic rings. The molecule has 2 aromatic carbocycles. The highest BCUT2D eigenvalue weighted by atomic mass is 35.5. The van der Waals surface area contributed by atoms with E-state index in [-0.39, 0.29) is 5.02 Å². The molecule has 24 heavy (non-hydrogen) atoms. The largest absolute Gasteiger partial charge is 0.370 e. The number of nitrogens with zero attached hydrogens (tertiary/aromatic N) is 2. The monoisotopic (exact) mass is 349 g/mol. The minimum atomic E-state index is -0.744. The Morgan fingerprint density at radius 1 is 1.38 bits per heavy atom. The van der Waals surface area contributed by atoms with Crippen molar-refractivity contribution in [1.29, 1.82) is 0 Å². The number of halogens is 2. The van der Waals surface area contributed by atoms with Gasteiger partial charge in [-0.2, -0.15) is 5.06 Å². The van der Waals surface area contributed by atoms with E-state index in [1.807, 2.05) is 24.1 Å². The van der Waals surface area contributed by atoms with Crippen LogP contribution in [-0.2, 0) is 17.8 Å². The van der Waals surface area contributed by atoms with Crippen LogP contribution < -0.4 is 15.7 Å². The number of rotatable bonds is 3. The minimum Gasteiger partial charge on any atom is -0.370 e. The predicted octanol–water partition coefficient (Wildman–Crippen LogP) is 2.72. The third-order valence-corrected chi connectivity index (χ3v) is 4.39. The van der Waals surface area contributed by atoms with E-state index in [1.165, 1.54) is 6.07 Å².